The second-order valence-electron chi connectivity index (χ2n) is 3.93. The third-order valence-corrected chi connectivity index (χ3v) is 2.76. The van der Waals surface area contributed by atoms with Crippen LogP contribution in [0.5, 0.6) is 0 Å². The first-order chi connectivity index (χ1) is 8.43. The molecule has 3 heteroatoms. The SMILES string of the molecule is c1c[nH]c(CNc2cccc3cccnc23)c1. The maximum Gasteiger partial charge on any atom is 0.0933 e. The molecule has 0 amide bonds. The summed E-state index contributed by atoms with van der Waals surface area (Å²) in [6.07, 6.45) is 3.75. The van der Waals surface area contributed by atoms with Crippen LogP contribution in [0, 0.1) is 0 Å². The van der Waals surface area contributed by atoms with Gasteiger partial charge >= 0.3 is 0 Å². The highest BCUT2D eigenvalue weighted by Gasteiger charge is 2.00. The van der Waals surface area contributed by atoms with Gasteiger partial charge in [-0.15, -0.1) is 0 Å². The molecule has 0 saturated carbocycles. The summed E-state index contributed by atoms with van der Waals surface area (Å²) in [6, 6.07) is 14.3. The van der Waals surface area contributed by atoms with E-state index in [0.29, 0.717) is 0 Å². The lowest BCUT2D eigenvalue weighted by molar-refractivity contribution is 1.08. The Kier molecular flexibility index (Phi) is 2.50. The molecule has 0 atom stereocenters. The molecule has 2 aromatic heterocycles. The summed E-state index contributed by atoms with van der Waals surface area (Å²) in [7, 11) is 0. The Balaban J connectivity index is 1.90. The van der Waals surface area contributed by atoms with Gasteiger partial charge in [0.2, 0.25) is 0 Å². The summed E-state index contributed by atoms with van der Waals surface area (Å²) in [5.41, 5.74) is 3.25. The van der Waals surface area contributed by atoms with E-state index in [2.05, 4.69) is 39.6 Å². The topological polar surface area (TPSA) is 40.7 Å². The van der Waals surface area contributed by atoms with Gasteiger partial charge in [0, 0.05) is 23.5 Å². The van der Waals surface area contributed by atoms with Crippen LogP contribution in [0.15, 0.2) is 54.9 Å². The smallest absolute Gasteiger partial charge is 0.0933 e. The van der Waals surface area contributed by atoms with Crippen molar-refractivity contribution >= 4 is 16.6 Å². The minimum atomic E-state index is 0.780. The van der Waals surface area contributed by atoms with Gasteiger partial charge in [0.1, 0.15) is 0 Å². The molecule has 2 heterocycles. The van der Waals surface area contributed by atoms with Crippen LogP contribution in [-0.2, 0) is 6.54 Å². The number of hydrogen-bond donors (Lipinski definition) is 2. The standard InChI is InChI=1S/C14H13N3/c1-4-11-5-2-9-16-14(11)13(7-1)17-10-12-6-3-8-15-12/h1-9,15,17H,10H2. The van der Waals surface area contributed by atoms with Gasteiger partial charge in [0.05, 0.1) is 17.7 Å². The first kappa shape index (κ1) is 9.90. The molecule has 3 nitrogen and oxygen atoms in total. The lowest BCUT2D eigenvalue weighted by atomic mass is 10.2. The van der Waals surface area contributed by atoms with Gasteiger partial charge in [0.15, 0.2) is 0 Å². The van der Waals surface area contributed by atoms with Crippen LogP contribution in [0.25, 0.3) is 10.9 Å². The third-order valence-electron chi connectivity index (χ3n) is 2.76. The van der Waals surface area contributed by atoms with Crippen LogP contribution in [0.4, 0.5) is 5.69 Å². The van der Waals surface area contributed by atoms with Gasteiger partial charge in [-0.25, -0.2) is 0 Å². The van der Waals surface area contributed by atoms with Gasteiger partial charge in [-0.2, -0.15) is 0 Å². The molecule has 1 aromatic carbocycles. The minimum Gasteiger partial charge on any atom is -0.378 e. The van der Waals surface area contributed by atoms with Crippen molar-refractivity contribution in [3.63, 3.8) is 0 Å². The Labute approximate surface area is 99.5 Å². The zero-order valence-electron chi connectivity index (χ0n) is 9.35. The zero-order chi connectivity index (χ0) is 11.5. The first-order valence-corrected chi connectivity index (χ1v) is 5.63. The molecule has 0 unspecified atom stereocenters. The van der Waals surface area contributed by atoms with E-state index >= 15 is 0 Å². The van der Waals surface area contributed by atoms with Gasteiger partial charge in [-0.1, -0.05) is 18.2 Å². The van der Waals surface area contributed by atoms with Crippen molar-refractivity contribution in [1.82, 2.24) is 9.97 Å². The molecule has 3 aromatic rings. The number of aromatic amines is 1. The summed E-state index contributed by atoms with van der Waals surface area (Å²) in [4.78, 5) is 7.58. The number of nitrogens with one attached hydrogen (secondary N) is 2. The molecular weight excluding hydrogens is 210 g/mol. The van der Waals surface area contributed by atoms with Crippen molar-refractivity contribution < 1.29 is 0 Å². The van der Waals surface area contributed by atoms with Crippen LogP contribution in [-0.4, -0.2) is 9.97 Å². The molecule has 0 bridgehead atoms. The fourth-order valence-electron chi connectivity index (χ4n) is 1.91. The fourth-order valence-corrected chi connectivity index (χ4v) is 1.91. The number of anilines is 1. The molecule has 2 N–H and O–H groups in total. The number of rotatable bonds is 3. The molecule has 3 rings (SSSR count). The minimum absolute atomic E-state index is 0.780. The Morgan fingerprint density at radius 1 is 1.06 bits per heavy atom. The highest BCUT2D eigenvalue weighted by atomic mass is 14.9. The predicted octanol–water partition coefficient (Wildman–Crippen LogP) is 3.18. The van der Waals surface area contributed by atoms with E-state index in [-0.39, 0.29) is 0 Å². The largest absolute Gasteiger partial charge is 0.378 e. The summed E-state index contributed by atoms with van der Waals surface area (Å²) in [5.74, 6) is 0. The Morgan fingerprint density at radius 3 is 2.88 bits per heavy atom. The third kappa shape index (κ3) is 1.99. The quantitative estimate of drug-likeness (QED) is 0.716. The lowest BCUT2D eigenvalue weighted by Gasteiger charge is -2.07. The monoisotopic (exact) mass is 223 g/mol. The van der Waals surface area contributed by atoms with Crippen LogP contribution < -0.4 is 5.32 Å². The number of pyridine rings is 1. The molecular formula is C14H13N3. The highest BCUT2D eigenvalue weighted by molar-refractivity contribution is 5.90. The van der Waals surface area contributed by atoms with E-state index < -0.39 is 0 Å². The van der Waals surface area contributed by atoms with E-state index in [4.69, 9.17) is 0 Å². The molecule has 0 spiro atoms. The average molecular weight is 223 g/mol. The second-order valence-corrected chi connectivity index (χ2v) is 3.93. The van der Waals surface area contributed by atoms with Gasteiger partial charge in [0.25, 0.3) is 0 Å². The van der Waals surface area contributed by atoms with Gasteiger partial charge < -0.3 is 10.3 Å². The van der Waals surface area contributed by atoms with Gasteiger partial charge in [-0.3, -0.25) is 4.98 Å². The Bertz CT molecular complexity index is 609. The Hall–Kier alpha value is -2.29. The lowest BCUT2D eigenvalue weighted by Crippen LogP contribution is -2.00. The zero-order valence-corrected chi connectivity index (χ0v) is 9.35. The number of nitrogens with zero attached hydrogens (tertiary/aromatic N) is 1. The molecule has 0 aliphatic rings. The summed E-state index contributed by atoms with van der Waals surface area (Å²) < 4.78 is 0. The summed E-state index contributed by atoms with van der Waals surface area (Å²) in [5, 5.41) is 4.55. The van der Waals surface area contributed by atoms with E-state index in [1.165, 1.54) is 0 Å². The van der Waals surface area contributed by atoms with Crippen molar-refractivity contribution in [2.45, 2.75) is 6.54 Å². The number of hydrogen-bond acceptors (Lipinski definition) is 2. The number of fused-ring (bicyclic) bond motifs is 1. The summed E-state index contributed by atoms with van der Waals surface area (Å²) >= 11 is 0. The van der Waals surface area contributed by atoms with E-state index in [1.54, 1.807) is 0 Å². The van der Waals surface area contributed by atoms with Crippen molar-refractivity contribution in [2.75, 3.05) is 5.32 Å². The molecule has 0 aliphatic heterocycles. The first-order valence-electron chi connectivity index (χ1n) is 5.63. The molecule has 0 aliphatic carbocycles. The maximum absolute atomic E-state index is 4.41. The predicted molar refractivity (Wildman–Crippen MR) is 69.9 cm³/mol. The number of benzene rings is 1. The number of aromatic nitrogens is 2. The average Bonchev–Trinajstić information content (AvgIpc) is 2.89. The highest BCUT2D eigenvalue weighted by Crippen LogP contribution is 2.20. The van der Waals surface area contributed by atoms with E-state index in [1.807, 2.05) is 30.6 Å². The van der Waals surface area contributed by atoms with Crippen molar-refractivity contribution in [3.8, 4) is 0 Å². The van der Waals surface area contributed by atoms with Crippen LogP contribution >= 0.6 is 0 Å². The van der Waals surface area contributed by atoms with Gasteiger partial charge in [-0.05, 0) is 24.3 Å². The molecule has 84 valence electrons. The normalized spacial score (nSPS) is 10.6. The van der Waals surface area contributed by atoms with Crippen molar-refractivity contribution in [3.05, 3.63) is 60.6 Å². The molecule has 17 heavy (non-hydrogen) atoms. The molecule has 0 saturated heterocycles. The van der Waals surface area contributed by atoms with Crippen molar-refractivity contribution in [1.29, 1.82) is 0 Å². The van der Waals surface area contributed by atoms with Crippen LogP contribution in [0.3, 0.4) is 0 Å². The van der Waals surface area contributed by atoms with E-state index in [9.17, 15) is 0 Å². The van der Waals surface area contributed by atoms with Crippen LogP contribution in [0.1, 0.15) is 5.69 Å². The van der Waals surface area contributed by atoms with Crippen molar-refractivity contribution in [2.24, 2.45) is 0 Å². The molecule has 0 radical (unpaired) electrons. The van der Waals surface area contributed by atoms with E-state index in [0.717, 1.165) is 28.8 Å². The molecule has 0 fully saturated rings. The number of para-hydroxylation sites is 1. The Morgan fingerprint density at radius 2 is 2.00 bits per heavy atom. The second kappa shape index (κ2) is 4.29. The van der Waals surface area contributed by atoms with Crippen LogP contribution in [0.2, 0.25) is 0 Å². The summed E-state index contributed by atoms with van der Waals surface area (Å²) in [6.45, 7) is 0.780. The fraction of sp³-hybridized carbons (Fsp3) is 0.0714. The maximum atomic E-state index is 4.41. The number of H-pyrrole nitrogens is 1.